The third-order valence-electron chi connectivity index (χ3n) is 2.83. The van der Waals surface area contributed by atoms with Gasteiger partial charge in [0.2, 0.25) is 0 Å². The number of hydrogen-bond acceptors (Lipinski definition) is 2. The second-order valence-electron chi connectivity index (χ2n) is 4.15. The Kier molecular flexibility index (Phi) is 3.86. The maximum Gasteiger partial charge on any atom is 0.318 e. The first-order chi connectivity index (χ1) is 8.56. The molecule has 6 heteroatoms. The van der Waals surface area contributed by atoms with Gasteiger partial charge in [0.15, 0.2) is 0 Å². The summed E-state index contributed by atoms with van der Waals surface area (Å²) >= 11 is 3.39. The molecular weight excluding hydrogens is 300 g/mol. The monoisotopic (exact) mass is 312 g/mol. The van der Waals surface area contributed by atoms with Crippen LogP contribution in [0.3, 0.4) is 0 Å². The molecule has 0 spiro atoms. The first kappa shape index (κ1) is 12.9. The second-order valence-corrected chi connectivity index (χ2v) is 5.06. The first-order valence-electron chi connectivity index (χ1n) is 5.59. The van der Waals surface area contributed by atoms with Crippen LogP contribution in [0, 0.1) is 0 Å². The molecule has 1 fully saturated rings. The molecule has 1 aromatic carbocycles. The van der Waals surface area contributed by atoms with Crippen LogP contribution in [0.15, 0.2) is 28.7 Å². The van der Waals surface area contributed by atoms with Crippen LogP contribution in [-0.2, 0) is 4.79 Å². The summed E-state index contributed by atoms with van der Waals surface area (Å²) in [6.45, 7) is 0.744. The number of carboxylic acids is 1. The zero-order valence-electron chi connectivity index (χ0n) is 9.60. The third-order valence-corrected chi connectivity index (χ3v) is 3.33. The molecule has 1 atom stereocenters. The molecule has 96 valence electrons. The molecule has 1 aromatic rings. The molecule has 0 radical (unpaired) electrons. The second kappa shape index (κ2) is 5.39. The number of nitrogens with one attached hydrogen (secondary N) is 1. The van der Waals surface area contributed by atoms with Crippen molar-refractivity contribution in [2.24, 2.45) is 0 Å². The summed E-state index contributed by atoms with van der Waals surface area (Å²) in [5, 5.41) is 11.5. The molecule has 5 nitrogen and oxygen atoms in total. The Bertz CT molecular complexity index is 478. The number of halogens is 1. The molecule has 2 N–H and O–H groups in total. The lowest BCUT2D eigenvalue weighted by Gasteiger charge is -2.13. The van der Waals surface area contributed by atoms with Gasteiger partial charge in [0.25, 0.3) is 0 Å². The third kappa shape index (κ3) is 3.01. The predicted molar refractivity (Wildman–Crippen MR) is 69.2 cm³/mol. The number of amides is 2. The lowest BCUT2D eigenvalue weighted by atomic mass is 10.1. The van der Waals surface area contributed by atoms with Gasteiger partial charge in [0.05, 0.1) is 12.5 Å². The van der Waals surface area contributed by atoms with Gasteiger partial charge in [-0.05, 0) is 17.7 Å². The minimum absolute atomic E-state index is 0.0291. The molecule has 0 bridgehead atoms. The standard InChI is InChI=1S/C12H13BrN2O3/c13-9-3-1-2-8(6-9)10-7-15(12(18)14-10)5-4-11(16)17/h1-3,6,10H,4-5,7H2,(H,14,18)(H,16,17). The summed E-state index contributed by atoms with van der Waals surface area (Å²) < 4.78 is 0.957. The molecule has 1 aliphatic heterocycles. The highest BCUT2D eigenvalue weighted by molar-refractivity contribution is 9.10. The minimum Gasteiger partial charge on any atom is -0.481 e. The van der Waals surface area contributed by atoms with Gasteiger partial charge in [0, 0.05) is 17.6 Å². The van der Waals surface area contributed by atoms with Crippen molar-refractivity contribution in [2.45, 2.75) is 12.5 Å². The largest absolute Gasteiger partial charge is 0.481 e. The molecule has 2 rings (SSSR count). The van der Waals surface area contributed by atoms with Gasteiger partial charge in [-0.15, -0.1) is 0 Å². The molecular formula is C12H13BrN2O3. The van der Waals surface area contributed by atoms with E-state index in [4.69, 9.17) is 5.11 Å². The Balaban J connectivity index is 2.02. The molecule has 1 heterocycles. The van der Waals surface area contributed by atoms with Crippen LogP contribution in [0.25, 0.3) is 0 Å². The van der Waals surface area contributed by atoms with Gasteiger partial charge in [0.1, 0.15) is 0 Å². The van der Waals surface area contributed by atoms with E-state index < -0.39 is 5.97 Å². The van der Waals surface area contributed by atoms with Crippen LogP contribution in [-0.4, -0.2) is 35.1 Å². The Hall–Kier alpha value is -1.56. The molecule has 0 saturated carbocycles. The minimum atomic E-state index is -0.895. The topological polar surface area (TPSA) is 69.6 Å². The fourth-order valence-electron chi connectivity index (χ4n) is 1.92. The van der Waals surface area contributed by atoms with Crippen molar-refractivity contribution >= 4 is 27.9 Å². The zero-order valence-corrected chi connectivity index (χ0v) is 11.2. The summed E-state index contributed by atoms with van der Waals surface area (Å²) in [7, 11) is 0. The smallest absolute Gasteiger partial charge is 0.318 e. The fraction of sp³-hybridized carbons (Fsp3) is 0.333. The van der Waals surface area contributed by atoms with Crippen molar-refractivity contribution in [3.05, 3.63) is 34.3 Å². The predicted octanol–water partition coefficient (Wildman–Crippen LogP) is 1.99. The van der Waals surface area contributed by atoms with Crippen molar-refractivity contribution in [3.63, 3.8) is 0 Å². The molecule has 2 amide bonds. The first-order valence-corrected chi connectivity index (χ1v) is 6.38. The van der Waals surface area contributed by atoms with Gasteiger partial charge in [-0.3, -0.25) is 4.79 Å². The van der Waals surface area contributed by atoms with Gasteiger partial charge in [-0.2, -0.15) is 0 Å². The number of urea groups is 1. The normalized spacial score (nSPS) is 18.8. The van der Waals surface area contributed by atoms with E-state index in [0.29, 0.717) is 6.54 Å². The summed E-state index contributed by atoms with van der Waals surface area (Å²) in [6, 6.07) is 7.43. The van der Waals surface area contributed by atoms with E-state index in [2.05, 4.69) is 21.2 Å². The summed E-state index contributed by atoms with van der Waals surface area (Å²) in [5.41, 5.74) is 1.01. The SMILES string of the molecule is O=C(O)CCN1CC(c2cccc(Br)c2)NC1=O. The fourth-order valence-corrected chi connectivity index (χ4v) is 2.34. The van der Waals surface area contributed by atoms with Crippen molar-refractivity contribution < 1.29 is 14.7 Å². The average Bonchev–Trinajstić information content (AvgIpc) is 2.68. The van der Waals surface area contributed by atoms with Crippen molar-refractivity contribution in [2.75, 3.05) is 13.1 Å². The number of rotatable bonds is 4. The van der Waals surface area contributed by atoms with Crippen LogP contribution in [0.2, 0.25) is 0 Å². The van der Waals surface area contributed by atoms with Crippen molar-refractivity contribution in [3.8, 4) is 0 Å². The number of hydrogen-bond donors (Lipinski definition) is 2. The summed E-state index contributed by atoms with van der Waals surface area (Å²) in [5.74, 6) is -0.895. The number of carbonyl (C=O) groups excluding carboxylic acids is 1. The highest BCUT2D eigenvalue weighted by atomic mass is 79.9. The highest BCUT2D eigenvalue weighted by Crippen LogP contribution is 2.23. The van der Waals surface area contributed by atoms with E-state index >= 15 is 0 Å². The highest BCUT2D eigenvalue weighted by Gasteiger charge is 2.29. The molecule has 1 aliphatic rings. The lowest BCUT2D eigenvalue weighted by Crippen LogP contribution is -2.30. The Labute approximate surface area is 113 Å². The van der Waals surface area contributed by atoms with E-state index in [1.807, 2.05) is 24.3 Å². The number of nitrogens with zero attached hydrogens (tertiary/aromatic N) is 1. The lowest BCUT2D eigenvalue weighted by molar-refractivity contribution is -0.137. The van der Waals surface area contributed by atoms with Gasteiger partial charge >= 0.3 is 12.0 Å². The summed E-state index contributed by atoms with van der Waals surface area (Å²) in [6.07, 6.45) is -0.0291. The van der Waals surface area contributed by atoms with Crippen molar-refractivity contribution in [1.29, 1.82) is 0 Å². The average molecular weight is 313 g/mol. The van der Waals surface area contributed by atoms with Crippen LogP contribution in [0.4, 0.5) is 4.79 Å². The quantitative estimate of drug-likeness (QED) is 0.893. The molecule has 1 saturated heterocycles. The molecule has 0 aromatic heterocycles. The van der Waals surface area contributed by atoms with E-state index in [-0.39, 0.29) is 25.0 Å². The summed E-state index contributed by atoms with van der Waals surface area (Å²) in [4.78, 5) is 23.7. The van der Waals surface area contributed by atoms with Gasteiger partial charge in [-0.1, -0.05) is 28.1 Å². The molecule has 1 unspecified atom stereocenters. The molecule has 18 heavy (non-hydrogen) atoms. The van der Waals surface area contributed by atoms with E-state index in [1.54, 1.807) is 0 Å². The number of carbonyl (C=O) groups is 2. The van der Waals surface area contributed by atoms with Crippen molar-refractivity contribution in [1.82, 2.24) is 10.2 Å². The van der Waals surface area contributed by atoms with Crippen LogP contribution in [0.5, 0.6) is 0 Å². The van der Waals surface area contributed by atoms with Crippen LogP contribution in [0.1, 0.15) is 18.0 Å². The van der Waals surface area contributed by atoms with E-state index in [0.717, 1.165) is 10.0 Å². The van der Waals surface area contributed by atoms with Crippen LogP contribution < -0.4 is 5.32 Å². The van der Waals surface area contributed by atoms with Gasteiger partial charge in [-0.25, -0.2) is 4.79 Å². The molecule has 0 aliphatic carbocycles. The van der Waals surface area contributed by atoms with Gasteiger partial charge < -0.3 is 15.3 Å². The van der Waals surface area contributed by atoms with E-state index in [9.17, 15) is 9.59 Å². The number of benzene rings is 1. The Morgan fingerprint density at radius 2 is 2.33 bits per heavy atom. The Morgan fingerprint density at radius 3 is 3.00 bits per heavy atom. The number of aliphatic carboxylic acids is 1. The van der Waals surface area contributed by atoms with Crippen LogP contribution >= 0.6 is 15.9 Å². The maximum atomic E-state index is 11.7. The number of carboxylic acid groups (broad SMARTS) is 1. The van der Waals surface area contributed by atoms with E-state index in [1.165, 1.54) is 4.90 Å². The zero-order chi connectivity index (χ0) is 13.1. The Morgan fingerprint density at radius 1 is 1.56 bits per heavy atom. The maximum absolute atomic E-state index is 11.7.